The van der Waals surface area contributed by atoms with Crippen molar-refractivity contribution >= 4 is 11.7 Å². The van der Waals surface area contributed by atoms with Gasteiger partial charge in [-0.2, -0.15) is 4.68 Å². The highest BCUT2D eigenvalue weighted by Crippen LogP contribution is 2.21. The van der Waals surface area contributed by atoms with Gasteiger partial charge in [0.1, 0.15) is 5.75 Å². The molecule has 0 aliphatic heterocycles. The number of hydrogen-bond donors (Lipinski definition) is 1. The topological polar surface area (TPSA) is 85.2 Å². The molecule has 0 aliphatic carbocycles. The van der Waals surface area contributed by atoms with Crippen LogP contribution in [-0.2, 0) is 6.42 Å². The molecular weight excluding hydrogens is 356 g/mol. The van der Waals surface area contributed by atoms with Gasteiger partial charge in [0.05, 0.1) is 12.8 Å². The molecule has 3 aromatic rings. The maximum atomic E-state index is 12.6. The van der Waals surface area contributed by atoms with Crippen LogP contribution in [0.5, 0.6) is 5.75 Å². The van der Waals surface area contributed by atoms with Crippen molar-refractivity contribution in [2.75, 3.05) is 19.5 Å². The average Bonchev–Trinajstić information content (AvgIpc) is 3.14. The second-order valence-corrected chi connectivity index (χ2v) is 6.59. The number of tetrazole rings is 1. The van der Waals surface area contributed by atoms with E-state index in [0.29, 0.717) is 17.9 Å². The van der Waals surface area contributed by atoms with E-state index >= 15 is 0 Å². The Kier molecular flexibility index (Phi) is 5.88. The van der Waals surface area contributed by atoms with Crippen LogP contribution in [0.4, 0.5) is 10.5 Å². The van der Waals surface area contributed by atoms with Crippen molar-refractivity contribution in [2.24, 2.45) is 0 Å². The van der Waals surface area contributed by atoms with E-state index in [1.54, 1.807) is 23.7 Å². The Hall–Kier alpha value is -3.42. The lowest BCUT2D eigenvalue weighted by Gasteiger charge is -2.26. The van der Waals surface area contributed by atoms with Crippen molar-refractivity contribution < 1.29 is 9.53 Å². The van der Waals surface area contributed by atoms with E-state index in [-0.39, 0.29) is 12.1 Å². The van der Waals surface area contributed by atoms with Crippen molar-refractivity contribution in [1.82, 2.24) is 25.1 Å². The molecule has 8 heteroatoms. The van der Waals surface area contributed by atoms with Gasteiger partial charge >= 0.3 is 6.03 Å². The zero-order valence-electron chi connectivity index (χ0n) is 16.5. The molecule has 2 amide bonds. The Labute approximate surface area is 164 Å². The molecule has 0 radical (unpaired) electrons. The van der Waals surface area contributed by atoms with E-state index in [4.69, 9.17) is 4.74 Å². The number of ether oxygens (including phenoxy) is 1. The predicted molar refractivity (Wildman–Crippen MR) is 107 cm³/mol. The lowest BCUT2D eigenvalue weighted by molar-refractivity contribution is 0.207. The fourth-order valence-corrected chi connectivity index (χ4v) is 2.89. The number of urea groups is 1. The number of carbonyl (C=O) groups is 1. The zero-order valence-corrected chi connectivity index (χ0v) is 16.5. The molecule has 8 nitrogen and oxygen atoms in total. The van der Waals surface area contributed by atoms with Gasteiger partial charge in [-0.25, -0.2) is 4.79 Å². The molecular formula is C20H24N6O2. The van der Waals surface area contributed by atoms with E-state index in [9.17, 15) is 4.79 Å². The Bertz CT molecular complexity index is 938. The molecule has 1 atom stereocenters. The molecule has 1 heterocycles. The molecule has 0 bridgehead atoms. The van der Waals surface area contributed by atoms with Crippen molar-refractivity contribution in [3.8, 4) is 11.4 Å². The smallest absolute Gasteiger partial charge is 0.321 e. The van der Waals surface area contributed by atoms with E-state index in [0.717, 1.165) is 17.0 Å². The summed E-state index contributed by atoms with van der Waals surface area (Å²) in [5, 5.41) is 14.4. The van der Waals surface area contributed by atoms with Crippen molar-refractivity contribution in [1.29, 1.82) is 0 Å². The van der Waals surface area contributed by atoms with Crippen LogP contribution >= 0.6 is 0 Å². The third-order valence-electron chi connectivity index (χ3n) is 4.68. The first-order valence-corrected chi connectivity index (χ1v) is 9.00. The van der Waals surface area contributed by atoms with Crippen molar-refractivity contribution in [2.45, 2.75) is 26.3 Å². The lowest BCUT2D eigenvalue weighted by atomic mass is 10.1. The first-order valence-electron chi connectivity index (χ1n) is 9.00. The number of para-hydroxylation sites is 1. The van der Waals surface area contributed by atoms with Crippen LogP contribution in [-0.4, -0.2) is 51.3 Å². The van der Waals surface area contributed by atoms with E-state index < -0.39 is 0 Å². The lowest BCUT2D eigenvalue weighted by Crippen LogP contribution is -2.39. The van der Waals surface area contributed by atoms with Gasteiger partial charge in [-0.1, -0.05) is 18.2 Å². The minimum atomic E-state index is -0.172. The van der Waals surface area contributed by atoms with Gasteiger partial charge in [0.15, 0.2) is 5.82 Å². The zero-order chi connectivity index (χ0) is 20.1. The molecule has 1 N–H and O–H groups in total. The van der Waals surface area contributed by atoms with Gasteiger partial charge in [0.25, 0.3) is 0 Å². The average molecular weight is 380 g/mol. The normalized spacial score (nSPS) is 11.7. The van der Waals surface area contributed by atoms with Crippen molar-refractivity contribution in [3.63, 3.8) is 0 Å². The van der Waals surface area contributed by atoms with Crippen LogP contribution in [0, 0.1) is 6.92 Å². The SMILES string of the molecule is COc1ccccc1C[C@H](C)N(C)C(=O)Nc1ccc(-n2nnnc2C)cc1. The molecule has 0 fully saturated rings. The molecule has 0 saturated heterocycles. The molecule has 0 aliphatic rings. The van der Waals surface area contributed by atoms with Gasteiger partial charge < -0.3 is 15.0 Å². The van der Waals surface area contributed by atoms with Gasteiger partial charge in [0, 0.05) is 18.8 Å². The van der Waals surface area contributed by atoms with Gasteiger partial charge in [-0.3, -0.25) is 0 Å². The number of nitrogens with one attached hydrogen (secondary N) is 1. The summed E-state index contributed by atoms with van der Waals surface area (Å²) in [7, 11) is 3.44. The monoisotopic (exact) mass is 380 g/mol. The number of anilines is 1. The third-order valence-corrected chi connectivity index (χ3v) is 4.68. The quantitative estimate of drug-likeness (QED) is 0.710. The van der Waals surface area contributed by atoms with Gasteiger partial charge in [0.2, 0.25) is 0 Å². The van der Waals surface area contributed by atoms with Gasteiger partial charge in [-0.05, 0) is 66.6 Å². The third kappa shape index (κ3) is 4.28. The maximum absolute atomic E-state index is 12.6. The fourth-order valence-electron chi connectivity index (χ4n) is 2.89. The number of aromatic nitrogens is 4. The first-order chi connectivity index (χ1) is 13.5. The van der Waals surface area contributed by atoms with E-state index in [1.807, 2.05) is 62.4 Å². The Morgan fingerprint density at radius 2 is 1.93 bits per heavy atom. The number of carbonyl (C=O) groups excluding carboxylic acids is 1. The molecule has 0 unspecified atom stereocenters. The molecule has 1 aromatic heterocycles. The number of rotatable bonds is 6. The Morgan fingerprint density at radius 3 is 2.57 bits per heavy atom. The molecule has 28 heavy (non-hydrogen) atoms. The van der Waals surface area contributed by atoms with Crippen LogP contribution < -0.4 is 10.1 Å². The summed E-state index contributed by atoms with van der Waals surface area (Å²) < 4.78 is 7.03. The molecule has 0 spiro atoms. The highest BCUT2D eigenvalue weighted by atomic mass is 16.5. The second-order valence-electron chi connectivity index (χ2n) is 6.59. The van der Waals surface area contributed by atoms with Crippen LogP contribution in [0.25, 0.3) is 5.69 Å². The fraction of sp³-hybridized carbons (Fsp3) is 0.300. The number of benzene rings is 2. The van der Waals surface area contributed by atoms with Crippen LogP contribution in [0.2, 0.25) is 0 Å². The number of aryl methyl sites for hydroxylation is 1. The standard InChI is InChI=1S/C20H24N6O2/c1-14(13-16-7-5-6-8-19(16)28-4)25(3)20(27)21-17-9-11-18(12-10-17)26-15(2)22-23-24-26/h5-12,14H,13H2,1-4H3,(H,21,27)/t14-/m0/s1. The second kappa shape index (κ2) is 8.51. The van der Waals surface area contributed by atoms with Crippen LogP contribution in [0.3, 0.4) is 0 Å². The molecule has 0 saturated carbocycles. The highest BCUT2D eigenvalue weighted by Gasteiger charge is 2.18. The highest BCUT2D eigenvalue weighted by molar-refractivity contribution is 5.89. The summed E-state index contributed by atoms with van der Waals surface area (Å²) in [5.74, 6) is 1.53. The summed E-state index contributed by atoms with van der Waals surface area (Å²) in [6, 6.07) is 15.0. The van der Waals surface area contributed by atoms with E-state index in [2.05, 4.69) is 20.8 Å². The number of hydrogen-bond acceptors (Lipinski definition) is 5. The number of amides is 2. The van der Waals surface area contributed by atoms with Crippen LogP contribution in [0.15, 0.2) is 48.5 Å². The summed E-state index contributed by atoms with van der Waals surface area (Å²) in [6.07, 6.45) is 0.700. The van der Waals surface area contributed by atoms with Crippen molar-refractivity contribution in [3.05, 3.63) is 59.9 Å². The van der Waals surface area contributed by atoms with E-state index in [1.165, 1.54) is 0 Å². The minimum absolute atomic E-state index is 0.000513. The Balaban J connectivity index is 1.62. The molecule has 2 aromatic carbocycles. The first kappa shape index (κ1) is 19.3. The molecule has 146 valence electrons. The number of likely N-dealkylation sites (N-methyl/N-ethyl adjacent to an activating group) is 1. The summed E-state index contributed by atoms with van der Waals surface area (Å²) >= 11 is 0. The minimum Gasteiger partial charge on any atom is -0.496 e. The Morgan fingerprint density at radius 1 is 1.21 bits per heavy atom. The summed E-state index contributed by atoms with van der Waals surface area (Å²) in [4.78, 5) is 14.3. The predicted octanol–water partition coefficient (Wildman–Crippen LogP) is 3.07. The largest absolute Gasteiger partial charge is 0.496 e. The molecule has 3 rings (SSSR count). The summed E-state index contributed by atoms with van der Waals surface area (Å²) in [6.45, 7) is 3.84. The van der Waals surface area contributed by atoms with Gasteiger partial charge in [-0.15, -0.1) is 5.10 Å². The summed E-state index contributed by atoms with van der Waals surface area (Å²) in [5.41, 5.74) is 2.60. The number of methoxy groups -OCH3 is 1. The maximum Gasteiger partial charge on any atom is 0.321 e. The van der Waals surface area contributed by atoms with Crippen LogP contribution in [0.1, 0.15) is 18.3 Å². The number of nitrogens with zero attached hydrogens (tertiary/aromatic N) is 5.